The number of rotatable bonds is 2. The molecule has 0 radical (unpaired) electrons. The fraction of sp³-hybridized carbons (Fsp3) is 0.720. The summed E-state index contributed by atoms with van der Waals surface area (Å²) in [7, 11) is 0. The molecule has 30 heavy (non-hydrogen) atoms. The predicted molar refractivity (Wildman–Crippen MR) is 110 cm³/mol. The van der Waals surface area contributed by atoms with Crippen LogP contribution in [0.3, 0.4) is 0 Å². The Labute approximate surface area is 178 Å². The molecule has 0 unspecified atom stereocenters. The van der Waals surface area contributed by atoms with Crippen molar-refractivity contribution in [3.8, 4) is 0 Å². The van der Waals surface area contributed by atoms with Gasteiger partial charge in [-0.3, -0.25) is 9.59 Å². The molecule has 0 bridgehead atoms. The Hall–Kier alpha value is -1.91. The monoisotopic (exact) mass is 412 g/mol. The van der Waals surface area contributed by atoms with Crippen LogP contribution in [-0.4, -0.2) is 30.4 Å². The van der Waals surface area contributed by atoms with Gasteiger partial charge in [0.1, 0.15) is 11.7 Å². The van der Waals surface area contributed by atoms with Crippen LogP contribution in [0.1, 0.15) is 59.8 Å². The van der Waals surface area contributed by atoms with Crippen LogP contribution in [0.4, 0.5) is 0 Å². The zero-order valence-electron chi connectivity index (χ0n) is 18.4. The maximum atomic E-state index is 12.6. The van der Waals surface area contributed by atoms with E-state index in [-0.39, 0.29) is 46.8 Å². The standard InChI is InChI=1S/C25H32O5/c1-5-29-23(28)16-12-25(4)14(10-19(16)26)6-7-15-17(25)8-9-24(3)18(15)11-20-21(24)13(2)22(27)30-20/h10,12-13,15,17-18,20-21H,5-9,11H2,1-4H3/t13-,15+,17-,18-,20-,21-,24-,25-/m0/s1. The molecule has 0 aromatic rings. The van der Waals surface area contributed by atoms with E-state index in [9.17, 15) is 14.4 Å². The smallest absolute Gasteiger partial charge is 0.341 e. The van der Waals surface area contributed by atoms with Crippen LogP contribution in [0, 0.1) is 40.4 Å². The summed E-state index contributed by atoms with van der Waals surface area (Å²) < 4.78 is 11.0. The minimum atomic E-state index is -0.502. The molecule has 0 amide bonds. The van der Waals surface area contributed by atoms with Gasteiger partial charge in [0.05, 0.1) is 12.5 Å². The first-order chi connectivity index (χ1) is 14.2. The number of carbonyl (C=O) groups is 3. The average Bonchev–Trinajstić information content (AvgIpc) is 3.15. The Kier molecular flexibility index (Phi) is 4.37. The molecule has 3 saturated carbocycles. The topological polar surface area (TPSA) is 69.7 Å². The lowest BCUT2D eigenvalue weighted by Crippen LogP contribution is -2.50. The largest absolute Gasteiger partial charge is 0.462 e. The summed E-state index contributed by atoms with van der Waals surface area (Å²) in [5.41, 5.74) is 1.22. The van der Waals surface area contributed by atoms with Gasteiger partial charge in [-0.2, -0.15) is 0 Å². The number of carbonyl (C=O) groups excluding carboxylic acids is 3. The third kappa shape index (κ3) is 2.50. The van der Waals surface area contributed by atoms with Crippen LogP contribution in [0.2, 0.25) is 0 Å². The molecule has 4 aliphatic carbocycles. The Morgan fingerprint density at radius 2 is 2.00 bits per heavy atom. The lowest BCUT2D eigenvalue weighted by Gasteiger charge is -2.57. The molecular formula is C25H32O5. The van der Waals surface area contributed by atoms with E-state index in [0.29, 0.717) is 23.7 Å². The van der Waals surface area contributed by atoms with Crippen molar-refractivity contribution in [2.45, 2.75) is 65.9 Å². The number of hydrogen-bond donors (Lipinski definition) is 0. The van der Waals surface area contributed by atoms with E-state index in [1.54, 1.807) is 13.0 Å². The second-order valence-corrected chi connectivity index (χ2v) is 10.6. The molecule has 5 heteroatoms. The van der Waals surface area contributed by atoms with Gasteiger partial charge in [-0.1, -0.05) is 32.4 Å². The van der Waals surface area contributed by atoms with E-state index in [1.165, 1.54) is 5.57 Å². The molecule has 0 aromatic carbocycles. The summed E-state index contributed by atoms with van der Waals surface area (Å²) in [6, 6.07) is 0. The minimum Gasteiger partial charge on any atom is -0.462 e. The summed E-state index contributed by atoms with van der Waals surface area (Å²) in [4.78, 5) is 37.2. The second-order valence-electron chi connectivity index (χ2n) is 10.6. The molecule has 0 aromatic heterocycles. The first-order valence-electron chi connectivity index (χ1n) is 11.6. The SMILES string of the molecule is CCOC(=O)C1=C[C@@]2(C)C(=CC1=O)CC[C@H]1[C@@H]3C[C@@H]4OC(=O)[C@@H](C)[C@@H]4[C@@]3(C)CC[C@@H]12. The van der Waals surface area contributed by atoms with Gasteiger partial charge in [-0.15, -0.1) is 0 Å². The van der Waals surface area contributed by atoms with Gasteiger partial charge >= 0.3 is 11.9 Å². The van der Waals surface area contributed by atoms with Crippen LogP contribution in [0.5, 0.6) is 0 Å². The van der Waals surface area contributed by atoms with E-state index >= 15 is 0 Å². The summed E-state index contributed by atoms with van der Waals surface area (Å²) in [5.74, 6) is 1.01. The molecule has 8 atom stereocenters. The zero-order chi connectivity index (χ0) is 21.4. The first-order valence-corrected chi connectivity index (χ1v) is 11.6. The highest BCUT2D eigenvalue weighted by Gasteiger charge is 2.65. The maximum absolute atomic E-state index is 12.6. The van der Waals surface area contributed by atoms with Gasteiger partial charge in [0, 0.05) is 11.3 Å². The van der Waals surface area contributed by atoms with Crippen molar-refractivity contribution in [2.24, 2.45) is 40.4 Å². The summed E-state index contributed by atoms with van der Waals surface area (Å²) >= 11 is 0. The second kappa shape index (κ2) is 6.54. The van der Waals surface area contributed by atoms with Gasteiger partial charge in [0.2, 0.25) is 0 Å². The van der Waals surface area contributed by atoms with Crippen LogP contribution in [-0.2, 0) is 23.9 Å². The van der Waals surface area contributed by atoms with Crippen LogP contribution >= 0.6 is 0 Å². The molecular weight excluding hydrogens is 380 g/mol. The summed E-state index contributed by atoms with van der Waals surface area (Å²) in [6.07, 6.45) is 8.75. The summed E-state index contributed by atoms with van der Waals surface area (Å²) in [5, 5.41) is 0. The normalized spacial score (nSPS) is 46.7. The lowest BCUT2D eigenvalue weighted by atomic mass is 9.47. The zero-order valence-corrected chi connectivity index (χ0v) is 18.4. The van der Waals surface area contributed by atoms with E-state index in [4.69, 9.17) is 9.47 Å². The minimum absolute atomic E-state index is 0.0150. The number of esters is 2. The molecule has 5 rings (SSSR count). The van der Waals surface area contributed by atoms with E-state index in [2.05, 4.69) is 13.8 Å². The van der Waals surface area contributed by atoms with Crippen molar-refractivity contribution in [1.29, 1.82) is 0 Å². The number of ketones is 1. The molecule has 5 nitrogen and oxygen atoms in total. The van der Waals surface area contributed by atoms with Crippen LogP contribution < -0.4 is 0 Å². The van der Waals surface area contributed by atoms with E-state index < -0.39 is 5.97 Å². The Morgan fingerprint density at radius 3 is 2.73 bits per heavy atom. The average molecular weight is 413 g/mol. The van der Waals surface area contributed by atoms with Gasteiger partial charge in [-0.05, 0) is 68.3 Å². The van der Waals surface area contributed by atoms with Crippen molar-refractivity contribution in [1.82, 2.24) is 0 Å². The molecule has 0 N–H and O–H groups in total. The highest BCUT2D eigenvalue weighted by molar-refractivity contribution is 6.22. The third-order valence-electron chi connectivity index (χ3n) is 9.42. The van der Waals surface area contributed by atoms with Crippen LogP contribution in [0.15, 0.2) is 23.3 Å². The number of hydrogen-bond acceptors (Lipinski definition) is 5. The molecule has 162 valence electrons. The van der Waals surface area contributed by atoms with Crippen LogP contribution in [0.25, 0.3) is 0 Å². The highest BCUT2D eigenvalue weighted by Crippen LogP contribution is 2.68. The Bertz CT molecular complexity index is 884. The molecule has 4 fully saturated rings. The molecule has 1 aliphatic heterocycles. The first kappa shape index (κ1) is 20.0. The fourth-order valence-electron chi connectivity index (χ4n) is 8.11. The molecule has 1 heterocycles. The Balaban J connectivity index is 1.49. The fourth-order valence-corrected chi connectivity index (χ4v) is 8.11. The van der Waals surface area contributed by atoms with Gasteiger partial charge in [-0.25, -0.2) is 4.79 Å². The van der Waals surface area contributed by atoms with E-state index in [1.807, 2.05) is 13.0 Å². The molecule has 0 spiro atoms. The predicted octanol–water partition coefficient (Wildman–Crippen LogP) is 4.02. The van der Waals surface area contributed by atoms with Crippen molar-refractivity contribution in [3.05, 3.63) is 23.3 Å². The third-order valence-corrected chi connectivity index (χ3v) is 9.42. The maximum Gasteiger partial charge on any atom is 0.341 e. The van der Waals surface area contributed by atoms with Gasteiger partial charge in [0.15, 0.2) is 5.78 Å². The molecule has 5 aliphatic rings. The van der Waals surface area contributed by atoms with Crippen molar-refractivity contribution >= 4 is 17.7 Å². The Morgan fingerprint density at radius 1 is 1.23 bits per heavy atom. The van der Waals surface area contributed by atoms with Gasteiger partial charge in [0.25, 0.3) is 0 Å². The highest BCUT2D eigenvalue weighted by atomic mass is 16.6. The lowest BCUT2D eigenvalue weighted by molar-refractivity contribution is -0.145. The van der Waals surface area contributed by atoms with E-state index in [0.717, 1.165) is 32.1 Å². The molecule has 1 saturated heterocycles. The number of ether oxygens (including phenoxy) is 2. The summed E-state index contributed by atoms with van der Waals surface area (Å²) in [6.45, 7) is 8.66. The van der Waals surface area contributed by atoms with Crippen molar-refractivity contribution < 1.29 is 23.9 Å². The number of allylic oxidation sites excluding steroid dienone is 3. The number of fused-ring (bicyclic) bond motifs is 7. The van der Waals surface area contributed by atoms with Gasteiger partial charge < -0.3 is 9.47 Å². The van der Waals surface area contributed by atoms with Crippen molar-refractivity contribution in [3.63, 3.8) is 0 Å². The quantitative estimate of drug-likeness (QED) is 0.506. The van der Waals surface area contributed by atoms with Crippen molar-refractivity contribution in [2.75, 3.05) is 6.61 Å².